The van der Waals surface area contributed by atoms with E-state index in [4.69, 9.17) is 0 Å². The SMILES string of the molecule is CCCCCCC1(C#N)CCC(C)(C)C1=O. The average molecular weight is 221 g/mol. The minimum atomic E-state index is -0.656. The van der Waals surface area contributed by atoms with Crippen LogP contribution in [0.2, 0.25) is 0 Å². The van der Waals surface area contributed by atoms with Gasteiger partial charge in [0.15, 0.2) is 5.78 Å². The van der Waals surface area contributed by atoms with E-state index in [1.807, 2.05) is 13.8 Å². The Hall–Kier alpha value is -0.840. The van der Waals surface area contributed by atoms with Gasteiger partial charge in [-0.1, -0.05) is 46.5 Å². The molecular weight excluding hydrogens is 198 g/mol. The Kier molecular flexibility index (Phi) is 4.13. The van der Waals surface area contributed by atoms with Gasteiger partial charge in [0.05, 0.1) is 6.07 Å². The normalized spacial score (nSPS) is 28.0. The summed E-state index contributed by atoms with van der Waals surface area (Å²) < 4.78 is 0. The zero-order chi connectivity index (χ0) is 12.2. The van der Waals surface area contributed by atoms with Gasteiger partial charge in [-0.15, -0.1) is 0 Å². The molecule has 0 aromatic carbocycles. The molecule has 0 bridgehead atoms. The van der Waals surface area contributed by atoms with Crippen LogP contribution in [0.3, 0.4) is 0 Å². The van der Waals surface area contributed by atoms with Crippen molar-refractivity contribution in [3.05, 3.63) is 0 Å². The van der Waals surface area contributed by atoms with Gasteiger partial charge in [-0.05, 0) is 19.3 Å². The van der Waals surface area contributed by atoms with Crippen molar-refractivity contribution >= 4 is 5.78 Å². The van der Waals surface area contributed by atoms with Crippen LogP contribution in [0.1, 0.15) is 65.7 Å². The van der Waals surface area contributed by atoms with E-state index < -0.39 is 5.41 Å². The number of Topliss-reactive ketones (excluding diaryl/α,β-unsaturated/α-hetero) is 1. The molecule has 1 aliphatic rings. The minimum absolute atomic E-state index is 0.180. The van der Waals surface area contributed by atoms with Crippen LogP contribution in [0.25, 0.3) is 0 Å². The second kappa shape index (κ2) is 4.99. The molecule has 0 amide bonds. The lowest BCUT2D eigenvalue weighted by atomic mass is 9.77. The first-order valence-electron chi connectivity index (χ1n) is 6.45. The van der Waals surface area contributed by atoms with E-state index in [2.05, 4.69) is 13.0 Å². The zero-order valence-corrected chi connectivity index (χ0v) is 10.8. The molecule has 1 rings (SSSR count). The second-order valence-corrected chi connectivity index (χ2v) is 5.72. The maximum Gasteiger partial charge on any atom is 0.158 e. The van der Waals surface area contributed by atoms with Crippen LogP contribution in [-0.2, 0) is 4.79 Å². The second-order valence-electron chi connectivity index (χ2n) is 5.72. The first-order chi connectivity index (χ1) is 7.48. The number of nitriles is 1. The number of hydrogen-bond acceptors (Lipinski definition) is 2. The fraction of sp³-hybridized carbons (Fsp3) is 0.857. The van der Waals surface area contributed by atoms with E-state index in [1.165, 1.54) is 12.8 Å². The Labute approximate surface area is 99.0 Å². The van der Waals surface area contributed by atoms with Gasteiger partial charge in [0.1, 0.15) is 5.41 Å². The average Bonchev–Trinajstić information content (AvgIpc) is 2.49. The molecule has 1 atom stereocenters. The Balaban J connectivity index is 2.60. The van der Waals surface area contributed by atoms with Gasteiger partial charge in [-0.3, -0.25) is 4.79 Å². The third-order valence-electron chi connectivity index (χ3n) is 3.90. The predicted molar refractivity (Wildman–Crippen MR) is 64.8 cm³/mol. The molecule has 2 nitrogen and oxygen atoms in total. The first-order valence-corrected chi connectivity index (χ1v) is 6.45. The molecule has 0 N–H and O–H groups in total. The van der Waals surface area contributed by atoms with Crippen molar-refractivity contribution in [2.75, 3.05) is 0 Å². The fourth-order valence-electron chi connectivity index (χ4n) is 2.66. The quantitative estimate of drug-likeness (QED) is 0.661. The van der Waals surface area contributed by atoms with Crippen LogP contribution in [-0.4, -0.2) is 5.78 Å². The van der Waals surface area contributed by atoms with E-state index in [0.29, 0.717) is 0 Å². The Morgan fingerprint density at radius 1 is 1.25 bits per heavy atom. The van der Waals surface area contributed by atoms with E-state index in [-0.39, 0.29) is 11.2 Å². The van der Waals surface area contributed by atoms with Crippen LogP contribution in [0, 0.1) is 22.2 Å². The molecular formula is C14H23NO. The molecule has 90 valence electrons. The summed E-state index contributed by atoms with van der Waals surface area (Å²) in [7, 11) is 0. The van der Waals surface area contributed by atoms with Crippen molar-refractivity contribution in [1.82, 2.24) is 0 Å². The molecule has 2 heteroatoms. The zero-order valence-electron chi connectivity index (χ0n) is 10.8. The number of unbranched alkanes of at least 4 members (excludes halogenated alkanes) is 3. The van der Waals surface area contributed by atoms with Crippen molar-refractivity contribution in [3.63, 3.8) is 0 Å². The summed E-state index contributed by atoms with van der Waals surface area (Å²) in [6.07, 6.45) is 6.97. The van der Waals surface area contributed by atoms with Gasteiger partial charge >= 0.3 is 0 Å². The lowest BCUT2D eigenvalue weighted by molar-refractivity contribution is -0.130. The number of nitrogens with zero attached hydrogens (tertiary/aromatic N) is 1. The van der Waals surface area contributed by atoms with Crippen LogP contribution in [0.5, 0.6) is 0 Å². The Morgan fingerprint density at radius 3 is 2.38 bits per heavy atom. The maximum absolute atomic E-state index is 12.2. The highest BCUT2D eigenvalue weighted by Crippen LogP contribution is 2.48. The summed E-state index contributed by atoms with van der Waals surface area (Å²) in [5, 5.41) is 9.30. The molecule has 1 fully saturated rings. The lowest BCUT2D eigenvalue weighted by Crippen LogP contribution is -2.31. The number of carbonyl (C=O) groups is 1. The molecule has 0 saturated heterocycles. The van der Waals surface area contributed by atoms with Gasteiger partial charge < -0.3 is 0 Å². The number of rotatable bonds is 5. The van der Waals surface area contributed by atoms with E-state index >= 15 is 0 Å². The molecule has 16 heavy (non-hydrogen) atoms. The molecule has 0 aliphatic heterocycles. The van der Waals surface area contributed by atoms with Crippen molar-refractivity contribution in [2.45, 2.75) is 65.7 Å². The van der Waals surface area contributed by atoms with Crippen LogP contribution in [0.4, 0.5) is 0 Å². The highest BCUT2D eigenvalue weighted by Gasteiger charge is 2.51. The Bertz CT molecular complexity index is 300. The molecule has 0 heterocycles. The summed E-state index contributed by atoms with van der Waals surface area (Å²) >= 11 is 0. The summed E-state index contributed by atoms with van der Waals surface area (Å²) in [6, 6.07) is 2.31. The fourth-order valence-corrected chi connectivity index (χ4v) is 2.66. The van der Waals surface area contributed by atoms with Crippen molar-refractivity contribution in [1.29, 1.82) is 5.26 Å². The smallest absolute Gasteiger partial charge is 0.158 e. The third-order valence-corrected chi connectivity index (χ3v) is 3.90. The van der Waals surface area contributed by atoms with Gasteiger partial charge in [0, 0.05) is 5.41 Å². The summed E-state index contributed by atoms with van der Waals surface area (Å²) in [4.78, 5) is 12.2. The molecule has 1 aliphatic carbocycles. The predicted octanol–water partition coefficient (Wildman–Crippen LogP) is 3.86. The highest BCUT2D eigenvalue weighted by atomic mass is 16.1. The number of hydrogen-bond donors (Lipinski definition) is 0. The highest BCUT2D eigenvalue weighted by molar-refractivity contribution is 5.94. The van der Waals surface area contributed by atoms with Gasteiger partial charge in [0.2, 0.25) is 0 Å². The third kappa shape index (κ3) is 2.45. The minimum Gasteiger partial charge on any atom is -0.297 e. The summed E-state index contributed by atoms with van der Waals surface area (Å²) in [5.74, 6) is 0.180. The molecule has 0 spiro atoms. The number of ketones is 1. The molecule has 1 unspecified atom stereocenters. The maximum atomic E-state index is 12.2. The van der Waals surface area contributed by atoms with Crippen molar-refractivity contribution < 1.29 is 4.79 Å². The first kappa shape index (κ1) is 13.2. The van der Waals surface area contributed by atoms with E-state index in [9.17, 15) is 10.1 Å². The van der Waals surface area contributed by atoms with E-state index in [0.717, 1.165) is 32.1 Å². The topological polar surface area (TPSA) is 40.9 Å². The monoisotopic (exact) mass is 221 g/mol. The molecule has 1 saturated carbocycles. The van der Waals surface area contributed by atoms with Crippen LogP contribution in [0.15, 0.2) is 0 Å². The van der Waals surface area contributed by atoms with Crippen LogP contribution < -0.4 is 0 Å². The number of carbonyl (C=O) groups excluding carboxylic acids is 1. The van der Waals surface area contributed by atoms with Gasteiger partial charge in [-0.25, -0.2) is 0 Å². The van der Waals surface area contributed by atoms with E-state index in [1.54, 1.807) is 0 Å². The molecule has 0 aromatic heterocycles. The summed E-state index contributed by atoms with van der Waals surface area (Å²) in [6.45, 7) is 6.12. The largest absolute Gasteiger partial charge is 0.297 e. The Morgan fingerprint density at radius 2 is 1.94 bits per heavy atom. The van der Waals surface area contributed by atoms with Gasteiger partial charge in [0.25, 0.3) is 0 Å². The molecule has 0 radical (unpaired) electrons. The van der Waals surface area contributed by atoms with Gasteiger partial charge in [-0.2, -0.15) is 5.26 Å². The lowest BCUT2D eigenvalue weighted by Gasteiger charge is -2.22. The van der Waals surface area contributed by atoms with Crippen molar-refractivity contribution in [2.24, 2.45) is 10.8 Å². The molecule has 0 aromatic rings. The van der Waals surface area contributed by atoms with Crippen molar-refractivity contribution in [3.8, 4) is 6.07 Å². The standard InChI is InChI=1S/C14H23NO/c1-4-5-6-7-8-14(11-15)10-9-13(2,3)12(14)16/h4-10H2,1-3H3. The summed E-state index contributed by atoms with van der Waals surface area (Å²) in [5.41, 5.74) is -0.933. The van der Waals surface area contributed by atoms with Crippen LogP contribution >= 0.6 is 0 Å².